The largest absolute Gasteiger partial charge is 0.481 e. The molecule has 1 amide bonds. The Morgan fingerprint density at radius 2 is 1.89 bits per heavy atom. The van der Waals surface area contributed by atoms with Gasteiger partial charge in [-0.3, -0.25) is 4.79 Å². The van der Waals surface area contributed by atoms with Crippen molar-refractivity contribution in [2.75, 3.05) is 0 Å². The van der Waals surface area contributed by atoms with Gasteiger partial charge in [0.1, 0.15) is 5.60 Å². The van der Waals surface area contributed by atoms with Gasteiger partial charge in [-0.05, 0) is 33.1 Å². The SMILES string of the molecule is CC[C@@H](C)[C@@H](CCC(=O)O)NC(=O)OC(C)(C)C. The first-order chi connectivity index (χ1) is 8.15. The number of aliphatic carboxylic acids is 1. The highest BCUT2D eigenvalue weighted by atomic mass is 16.6. The zero-order valence-corrected chi connectivity index (χ0v) is 11.9. The van der Waals surface area contributed by atoms with E-state index in [-0.39, 0.29) is 18.4 Å². The minimum absolute atomic E-state index is 0.0464. The highest BCUT2D eigenvalue weighted by Gasteiger charge is 2.22. The van der Waals surface area contributed by atoms with Gasteiger partial charge in [0.15, 0.2) is 0 Å². The highest BCUT2D eigenvalue weighted by molar-refractivity contribution is 5.69. The van der Waals surface area contributed by atoms with E-state index in [0.717, 1.165) is 6.42 Å². The van der Waals surface area contributed by atoms with Crippen LogP contribution in [0.3, 0.4) is 0 Å². The first-order valence-electron chi connectivity index (χ1n) is 6.37. The van der Waals surface area contributed by atoms with Crippen molar-refractivity contribution in [3.63, 3.8) is 0 Å². The first kappa shape index (κ1) is 16.7. The normalized spacial score (nSPS) is 14.7. The summed E-state index contributed by atoms with van der Waals surface area (Å²) in [5, 5.41) is 11.4. The van der Waals surface area contributed by atoms with Crippen LogP contribution in [0.15, 0.2) is 0 Å². The van der Waals surface area contributed by atoms with Gasteiger partial charge in [-0.15, -0.1) is 0 Å². The number of hydrogen-bond acceptors (Lipinski definition) is 3. The molecular weight excluding hydrogens is 234 g/mol. The average molecular weight is 259 g/mol. The second kappa shape index (κ2) is 7.24. The molecule has 5 heteroatoms. The number of nitrogens with one attached hydrogen (secondary N) is 1. The van der Waals surface area contributed by atoms with Crippen LogP contribution in [0.5, 0.6) is 0 Å². The predicted octanol–water partition coefficient (Wildman–Crippen LogP) is 2.79. The van der Waals surface area contributed by atoms with E-state index in [2.05, 4.69) is 5.32 Å². The van der Waals surface area contributed by atoms with Crippen molar-refractivity contribution in [3.05, 3.63) is 0 Å². The summed E-state index contributed by atoms with van der Waals surface area (Å²) in [7, 11) is 0. The molecule has 0 fully saturated rings. The number of carboxylic acids is 1. The zero-order chi connectivity index (χ0) is 14.3. The molecule has 0 rings (SSSR count). The Morgan fingerprint density at radius 3 is 2.28 bits per heavy atom. The summed E-state index contributed by atoms with van der Waals surface area (Å²) in [5.41, 5.74) is -0.545. The van der Waals surface area contributed by atoms with Gasteiger partial charge in [-0.1, -0.05) is 20.3 Å². The van der Waals surface area contributed by atoms with Gasteiger partial charge in [0.05, 0.1) is 0 Å². The molecule has 0 heterocycles. The maximum atomic E-state index is 11.7. The van der Waals surface area contributed by atoms with E-state index in [1.165, 1.54) is 0 Å². The van der Waals surface area contributed by atoms with Crippen LogP contribution in [0, 0.1) is 5.92 Å². The van der Waals surface area contributed by atoms with Crippen LogP contribution >= 0.6 is 0 Å². The Kier molecular flexibility index (Phi) is 6.73. The fraction of sp³-hybridized carbons (Fsp3) is 0.846. The first-order valence-corrected chi connectivity index (χ1v) is 6.37. The molecule has 0 aromatic carbocycles. The fourth-order valence-electron chi connectivity index (χ4n) is 1.52. The van der Waals surface area contributed by atoms with Crippen molar-refractivity contribution in [3.8, 4) is 0 Å². The zero-order valence-electron chi connectivity index (χ0n) is 11.9. The molecule has 0 saturated carbocycles. The standard InChI is InChI=1S/C13H25NO4/c1-6-9(2)10(7-8-11(15)16)14-12(17)18-13(3,4)5/h9-10H,6-8H2,1-5H3,(H,14,17)(H,15,16)/t9-,10-/m1/s1. The van der Waals surface area contributed by atoms with Crippen molar-refractivity contribution < 1.29 is 19.4 Å². The van der Waals surface area contributed by atoms with E-state index in [1.54, 1.807) is 20.8 Å². The highest BCUT2D eigenvalue weighted by Crippen LogP contribution is 2.14. The van der Waals surface area contributed by atoms with Gasteiger partial charge in [0.25, 0.3) is 0 Å². The molecule has 0 radical (unpaired) electrons. The predicted molar refractivity (Wildman–Crippen MR) is 69.5 cm³/mol. The Morgan fingerprint density at radius 1 is 1.33 bits per heavy atom. The van der Waals surface area contributed by atoms with Crippen LogP contribution in [-0.4, -0.2) is 28.8 Å². The van der Waals surface area contributed by atoms with Crippen LogP contribution in [0.2, 0.25) is 0 Å². The summed E-state index contributed by atoms with van der Waals surface area (Å²) in [5.74, 6) is -0.633. The summed E-state index contributed by atoms with van der Waals surface area (Å²) in [4.78, 5) is 22.2. The minimum atomic E-state index is -0.853. The lowest BCUT2D eigenvalue weighted by Crippen LogP contribution is -2.42. The number of carboxylic acid groups (broad SMARTS) is 1. The molecule has 0 aliphatic rings. The molecule has 106 valence electrons. The number of rotatable bonds is 6. The third kappa shape index (κ3) is 7.92. The van der Waals surface area contributed by atoms with Crippen LogP contribution in [0.1, 0.15) is 53.9 Å². The van der Waals surface area contributed by atoms with Crippen molar-refractivity contribution >= 4 is 12.1 Å². The Labute approximate surface area is 109 Å². The van der Waals surface area contributed by atoms with Gasteiger partial charge in [0.2, 0.25) is 0 Å². The minimum Gasteiger partial charge on any atom is -0.481 e. The van der Waals surface area contributed by atoms with Gasteiger partial charge in [0, 0.05) is 12.5 Å². The second-order valence-corrected chi connectivity index (χ2v) is 5.57. The van der Waals surface area contributed by atoms with Gasteiger partial charge in [-0.2, -0.15) is 0 Å². The van der Waals surface area contributed by atoms with E-state index >= 15 is 0 Å². The lowest BCUT2D eigenvalue weighted by Gasteiger charge is -2.26. The second-order valence-electron chi connectivity index (χ2n) is 5.57. The fourth-order valence-corrected chi connectivity index (χ4v) is 1.52. The number of alkyl carbamates (subject to hydrolysis) is 1. The van der Waals surface area contributed by atoms with Crippen molar-refractivity contribution in [2.24, 2.45) is 5.92 Å². The van der Waals surface area contributed by atoms with Crippen LogP contribution in [-0.2, 0) is 9.53 Å². The van der Waals surface area contributed by atoms with Gasteiger partial charge < -0.3 is 15.2 Å². The maximum absolute atomic E-state index is 11.7. The average Bonchev–Trinajstić information content (AvgIpc) is 2.20. The third-order valence-electron chi connectivity index (χ3n) is 2.70. The maximum Gasteiger partial charge on any atom is 0.407 e. The molecule has 0 aliphatic heterocycles. The number of ether oxygens (including phenoxy) is 1. The number of carbonyl (C=O) groups excluding carboxylic acids is 1. The molecule has 0 aromatic heterocycles. The van der Waals surface area contributed by atoms with Crippen molar-refractivity contribution in [1.82, 2.24) is 5.32 Å². The van der Waals surface area contributed by atoms with E-state index in [9.17, 15) is 9.59 Å². The molecular formula is C13H25NO4. The number of hydrogen-bond donors (Lipinski definition) is 2. The number of carbonyl (C=O) groups is 2. The molecule has 2 N–H and O–H groups in total. The van der Waals surface area contributed by atoms with E-state index < -0.39 is 17.7 Å². The van der Waals surface area contributed by atoms with E-state index in [1.807, 2.05) is 13.8 Å². The summed E-state index contributed by atoms with van der Waals surface area (Å²) in [6.07, 6.45) is 0.854. The van der Waals surface area contributed by atoms with E-state index in [4.69, 9.17) is 9.84 Å². The number of amides is 1. The molecule has 5 nitrogen and oxygen atoms in total. The Hall–Kier alpha value is -1.26. The molecule has 0 spiro atoms. The summed E-state index contributed by atoms with van der Waals surface area (Å²) in [6, 6.07) is -0.166. The molecule has 0 aliphatic carbocycles. The van der Waals surface area contributed by atoms with Crippen LogP contribution in [0.4, 0.5) is 4.79 Å². The van der Waals surface area contributed by atoms with Crippen molar-refractivity contribution in [2.45, 2.75) is 65.5 Å². The molecule has 2 atom stereocenters. The summed E-state index contributed by atoms with van der Waals surface area (Å²) >= 11 is 0. The summed E-state index contributed by atoms with van der Waals surface area (Å²) in [6.45, 7) is 9.38. The lowest BCUT2D eigenvalue weighted by molar-refractivity contribution is -0.137. The van der Waals surface area contributed by atoms with Gasteiger partial charge in [-0.25, -0.2) is 4.79 Å². The topological polar surface area (TPSA) is 75.6 Å². The van der Waals surface area contributed by atoms with Crippen LogP contribution in [0.25, 0.3) is 0 Å². The molecule has 0 bridgehead atoms. The third-order valence-corrected chi connectivity index (χ3v) is 2.70. The Bertz CT molecular complexity index is 283. The Balaban J connectivity index is 4.40. The van der Waals surface area contributed by atoms with E-state index in [0.29, 0.717) is 6.42 Å². The monoisotopic (exact) mass is 259 g/mol. The molecule has 0 unspecified atom stereocenters. The van der Waals surface area contributed by atoms with Gasteiger partial charge >= 0.3 is 12.1 Å². The molecule has 0 saturated heterocycles. The quantitative estimate of drug-likeness (QED) is 0.769. The summed E-state index contributed by atoms with van der Waals surface area (Å²) < 4.78 is 5.17. The lowest BCUT2D eigenvalue weighted by atomic mass is 9.95. The smallest absolute Gasteiger partial charge is 0.407 e. The van der Waals surface area contributed by atoms with Crippen molar-refractivity contribution in [1.29, 1.82) is 0 Å². The molecule has 18 heavy (non-hydrogen) atoms. The molecule has 0 aromatic rings. The van der Waals surface area contributed by atoms with Crippen LogP contribution < -0.4 is 5.32 Å².